The molecule has 3 heterocycles. The highest BCUT2D eigenvalue weighted by atomic mass is 35.5. The minimum atomic E-state index is -0.499. The van der Waals surface area contributed by atoms with Crippen molar-refractivity contribution < 1.29 is 24.1 Å². The molecule has 11 heteroatoms. The summed E-state index contributed by atoms with van der Waals surface area (Å²) in [6.07, 6.45) is 4.12. The lowest BCUT2D eigenvalue weighted by atomic mass is 9.95. The van der Waals surface area contributed by atoms with Crippen molar-refractivity contribution in [3.8, 4) is 23.3 Å². The van der Waals surface area contributed by atoms with E-state index in [1.807, 2.05) is 19.1 Å². The molecule has 2 bridgehead atoms. The van der Waals surface area contributed by atoms with Crippen molar-refractivity contribution in [3.63, 3.8) is 0 Å². The number of nitrogens with one attached hydrogen (secondary N) is 1. The number of hydrogen-bond acceptors (Lipinski definition) is 9. The monoisotopic (exact) mass is 599 g/mol. The number of fused-ring (bicyclic) bond motifs is 3. The van der Waals surface area contributed by atoms with E-state index in [0.29, 0.717) is 64.1 Å². The Labute approximate surface area is 253 Å². The number of aliphatic hydroxyl groups excluding tert-OH is 1. The number of carbonyl (C=O) groups excluding carboxylic acids is 1. The molecule has 0 spiro atoms. The number of amides is 1. The third-order valence-corrected chi connectivity index (χ3v) is 8.52. The molecule has 6 rings (SSSR count). The second-order valence-corrected chi connectivity index (χ2v) is 11.3. The van der Waals surface area contributed by atoms with Crippen molar-refractivity contribution in [2.45, 2.75) is 32.5 Å². The second-order valence-electron chi connectivity index (χ2n) is 10.9. The number of aliphatic hydroxyl groups is 1. The molecule has 2 atom stereocenters. The molecule has 2 aromatic carbocycles. The Morgan fingerprint density at radius 3 is 2.65 bits per heavy atom. The van der Waals surface area contributed by atoms with Crippen LogP contribution >= 0.6 is 11.6 Å². The Morgan fingerprint density at radius 2 is 1.95 bits per heavy atom. The van der Waals surface area contributed by atoms with E-state index >= 15 is 0 Å². The predicted molar refractivity (Wildman–Crippen MR) is 161 cm³/mol. The van der Waals surface area contributed by atoms with Gasteiger partial charge < -0.3 is 29.5 Å². The summed E-state index contributed by atoms with van der Waals surface area (Å²) in [5.41, 5.74) is 3.69. The summed E-state index contributed by atoms with van der Waals surface area (Å²) in [5.74, 6) is 1.24. The van der Waals surface area contributed by atoms with E-state index in [2.05, 4.69) is 21.4 Å². The lowest BCUT2D eigenvalue weighted by molar-refractivity contribution is 0.0222. The zero-order valence-corrected chi connectivity index (χ0v) is 24.5. The first kappa shape index (κ1) is 28.5. The summed E-state index contributed by atoms with van der Waals surface area (Å²) in [6.45, 7) is 3.19. The average molecular weight is 600 g/mol. The van der Waals surface area contributed by atoms with Crippen molar-refractivity contribution in [3.05, 3.63) is 76.7 Å². The van der Waals surface area contributed by atoms with Crippen LogP contribution in [-0.4, -0.2) is 52.4 Å². The molecule has 1 saturated carbocycles. The quantitative estimate of drug-likeness (QED) is 0.263. The molecule has 2 fully saturated rings. The second kappa shape index (κ2) is 12.0. The number of anilines is 2. The maximum atomic E-state index is 13.1. The van der Waals surface area contributed by atoms with Gasteiger partial charge >= 0.3 is 6.09 Å². The SMILES string of the molecule is COc1cc2c(Nc3ccc(OCc4ncccc4C)cc3Cl)c(C#N)cnc2cc1OC(=O)N1CC2CCC(C1)C2O. The number of ether oxygens (including phenoxy) is 3. The van der Waals surface area contributed by atoms with E-state index in [1.54, 1.807) is 41.4 Å². The highest BCUT2D eigenvalue weighted by Crippen LogP contribution is 2.40. The van der Waals surface area contributed by atoms with Gasteiger partial charge in [-0.1, -0.05) is 17.7 Å². The molecule has 1 aliphatic heterocycles. The maximum Gasteiger partial charge on any atom is 0.415 e. The normalized spacial score (nSPS) is 19.1. The van der Waals surface area contributed by atoms with Crippen molar-refractivity contribution in [2.24, 2.45) is 11.8 Å². The fraction of sp³-hybridized carbons (Fsp3) is 0.312. The number of methoxy groups -OCH3 is 1. The van der Waals surface area contributed by atoms with Crippen LogP contribution in [0.2, 0.25) is 5.02 Å². The first-order valence-corrected chi connectivity index (χ1v) is 14.4. The Balaban J connectivity index is 1.24. The molecule has 43 heavy (non-hydrogen) atoms. The van der Waals surface area contributed by atoms with Crippen LogP contribution in [0, 0.1) is 30.1 Å². The Bertz CT molecular complexity index is 1730. The van der Waals surface area contributed by atoms with Gasteiger partial charge in [0.15, 0.2) is 11.5 Å². The fourth-order valence-corrected chi connectivity index (χ4v) is 6.02. The lowest BCUT2D eigenvalue weighted by Gasteiger charge is -2.34. The third-order valence-electron chi connectivity index (χ3n) is 8.21. The van der Waals surface area contributed by atoms with Crippen LogP contribution in [0.4, 0.5) is 16.2 Å². The van der Waals surface area contributed by atoms with E-state index in [-0.39, 0.29) is 23.7 Å². The number of carbonyl (C=O) groups is 1. The standard InChI is InChI=1S/C32H30ClN5O5/c1-18-4-3-9-35-27(18)17-42-22-7-8-25(24(33)10-22)37-30-21(13-34)14-36-26-12-29(28(41-2)11-23(26)30)43-32(40)38-15-19-5-6-20(16-38)31(19)39/h3-4,7-12,14,19-20,31,39H,5-6,15-17H2,1-2H3,(H,36,37). The van der Waals surface area contributed by atoms with Crippen LogP contribution < -0.4 is 19.5 Å². The van der Waals surface area contributed by atoms with Gasteiger partial charge in [-0.3, -0.25) is 9.97 Å². The first-order valence-electron chi connectivity index (χ1n) is 14.0. The Kier molecular flexibility index (Phi) is 7.93. The lowest BCUT2D eigenvalue weighted by Crippen LogP contribution is -2.48. The van der Waals surface area contributed by atoms with Crippen molar-refractivity contribution in [2.75, 3.05) is 25.5 Å². The minimum Gasteiger partial charge on any atom is -0.493 e. The number of aromatic nitrogens is 2. The molecule has 220 valence electrons. The highest BCUT2D eigenvalue weighted by molar-refractivity contribution is 6.33. The molecule has 2 unspecified atom stereocenters. The van der Waals surface area contributed by atoms with Crippen LogP contribution in [0.5, 0.6) is 17.2 Å². The highest BCUT2D eigenvalue weighted by Gasteiger charge is 2.43. The number of benzene rings is 2. The minimum absolute atomic E-state index is 0.0713. The third kappa shape index (κ3) is 5.74. The average Bonchev–Trinajstić information content (AvgIpc) is 3.20. The summed E-state index contributed by atoms with van der Waals surface area (Å²) in [6, 6.07) is 14.6. The summed E-state index contributed by atoms with van der Waals surface area (Å²) in [7, 11) is 1.48. The molecule has 2 aliphatic rings. The summed E-state index contributed by atoms with van der Waals surface area (Å²) in [5, 5.41) is 24.4. The van der Waals surface area contributed by atoms with E-state index in [9.17, 15) is 15.2 Å². The van der Waals surface area contributed by atoms with E-state index in [1.165, 1.54) is 13.3 Å². The topological polar surface area (TPSA) is 130 Å². The van der Waals surface area contributed by atoms with Gasteiger partial charge in [-0.25, -0.2) is 4.79 Å². The first-order chi connectivity index (χ1) is 20.8. The molecule has 10 nitrogen and oxygen atoms in total. The Hall–Kier alpha value is -4.59. The van der Waals surface area contributed by atoms with Crippen LogP contribution in [-0.2, 0) is 6.61 Å². The molecule has 1 aliphatic carbocycles. The smallest absolute Gasteiger partial charge is 0.415 e. The number of halogens is 1. The molecule has 2 aromatic heterocycles. The van der Waals surface area contributed by atoms with E-state index < -0.39 is 6.09 Å². The number of pyridine rings is 2. The number of rotatable bonds is 7. The van der Waals surface area contributed by atoms with Crippen molar-refractivity contribution >= 4 is 40.0 Å². The zero-order valence-electron chi connectivity index (χ0n) is 23.7. The molecule has 1 amide bonds. The van der Waals surface area contributed by atoms with Gasteiger partial charge in [0.1, 0.15) is 18.4 Å². The van der Waals surface area contributed by atoms with Crippen LogP contribution in [0.15, 0.2) is 54.9 Å². The molecular weight excluding hydrogens is 570 g/mol. The van der Waals surface area contributed by atoms with E-state index in [0.717, 1.165) is 24.1 Å². The number of aryl methyl sites for hydroxylation is 1. The summed E-state index contributed by atoms with van der Waals surface area (Å²) < 4.78 is 17.3. The predicted octanol–water partition coefficient (Wildman–Crippen LogP) is 6.00. The molecule has 1 saturated heterocycles. The van der Waals surface area contributed by atoms with Gasteiger partial charge in [-0.2, -0.15) is 5.26 Å². The van der Waals surface area contributed by atoms with Gasteiger partial charge in [0.05, 0.1) is 46.4 Å². The number of piperidine rings is 1. The van der Waals surface area contributed by atoms with E-state index in [4.69, 9.17) is 25.8 Å². The molecule has 2 N–H and O–H groups in total. The van der Waals surface area contributed by atoms with Crippen molar-refractivity contribution in [1.82, 2.24) is 14.9 Å². The summed E-state index contributed by atoms with van der Waals surface area (Å²) in [4.78, 5) is 23.5. The van der Waals surface area contributed by atoms with Crippen molar-refractivity contribution in [1.29, 1.82) is 5.26 Å². The van der Waals surface area contributed by atoms with Crippen LogP contribution in [0.3, 0.4) is 0 Å². The zero-order chi connectivity index (χ0) is 30.1. The Morgan fingerprint density at radius 1 is 1.16 bits per heavy atom. The molecular formula is C32H30ClN5O5. The number of nitrogens with zero attached hydrogens (tertiary/aromatic N) is 4. The number of nitriles is 1. The van der Waals surface area contributed by atoms with Gasteiger partial charge in [-0.15, -0.1) is 0 Å². The summed E-state index contributed by atoms with van der Waals surface area (Å²) >= 11 is 6.63. The van der Waals surface area contributed by atoms with Crippen LogP contribution in [0.25, 0.3) is 10.9 Å². The van der Waals surface area contributed by atoms with Gasteiger partial charge in [0.2, 0.25) is 0 Å². The van der Waals surface area contributed by atoms with Gasteiger partial charge in [0, 0.05) is 54.8 Å². The van der Waals surface area contributed by atoms with Crippen LogP contribution in [0.1, 0.15) is 29.7 Å². The molecule has 4 aromatic rings. The maximum absolute atomic E-state index is 13.1. The van der Waals surface area contributed by atoms with Gasteiger partial charge in [0.25, 0.3) is 0 Å². The fourth-order valence-electron chi connectivity index (χ4n) is 5.80. The molecule has 0 radical (unpaired) electrons. The number of hydrogen-bond donors (Lipinski definition) is 2. The van der Waals surface area contributed by atoms with Gasteiger partial charge in [-0.05, 0) is 49.6 Å². The largest absolute Gasteiger partial charge is 0.493 e. The number of likely N-dealkylation sites (tertiary alicyclic amines) is 1.